The van der Waals surface area contributed by atoms with E-state index in [-0.39, 0.29) is 5.97 Å². The molecule has 0 spiro atoms. The van der Waals surface area contributed by atoms with Crippen molar-refractivity contribution in [1.29, 1.82) is 0 Å². The van der Waals surface area contributed by atoms with Crippen molar-refractivity contribution < 1.29 is 9.53 Å². The lowest BCUT2D eigenvalue weighted by atomic mass is 10.1. The van der Waals surface area contributed by atoms with Gasteiger partial charge >= 0.3 is 5.97 Å². The van der Waals surface area contributed by atoms with E-state index in [1.54, 1.807) is 6.07 Å². The van der Waals surface area contributed by atoms with E-state index in [0.29, 0.717) is 17.5 Å². The van der Waals surface area contributed by atoms with Crippen LogP contribution in [0.3, 0.4) is 0 Å². The molecule has 1 aromatic rings. The zero-order valence-corrected chi connectivity index (χ0v) is 13.0. The van der Waals surface area contributed by atoms with E-state index in [1.165, 1.54) is 7.11 Å². The summed E-state index contributed by atoms with van der Waals surface area (Å²) < 4.78 is 5.69. The number of hydrogen-bond acceptors (Lipinski definition) is 3. The molecular weight excluding hydrogens is 318 g/mol. The number of methoxy groups -OCH3 is 1. The van der Waals surface area contributed by atoms with E-state index in [9.17, 15) is 4.79 Å². The highest BCUT2D eigenvalue weighted by Crippen LogP contribution is 2.27. The van der Waals surface area contributed by atoms with Crippen LogP contribution in [0.25, 0.3) is 0 Å². The summed E-state index contributed by atoms with van der Waals surface area (Å²) in [6, 6.07) is 4.91. The number of carbonyl (C=O) groups excluding carboxylic acids is 1. The summed E-state index contributed by atoms with van der Waals surface area (Å²) in [7, 11) is 1.37. The van der Waals surface area contributed by atoms with Gasteiger partial charge in [0.1, 0.15) is 6.04 Å². The molecule has 1 atom stereocenters. The molecule has 5 heteroatoms. The molecule has 3 nitrogen and oxygen atoms in total. The molecule has 0 saturated heterocycles. The molecule has 0 amide bonds. The van der Waals surface area contributed by atoms with E-state index in [2.05, 4.69) is 35.1 Å². The monoisotopic (exact) mass is 333 g/mol. The minimum atomic E-state index is -0.530. The molecule has 1 aromatic carbocycles. The van der Waals surface area contributed by atoms with Crippen LogP contribution in [-0.4, -0.2) is 19.6 Å². The largest absolute Gasteiger partial charge is 0.468 e. The second kappa shape index (κ2) is 7.12. The van der Waals surface area contributed by atoms with Crippen molar-refractivity contribution in [2.24, 2.45) is 5.92 Å². The Bertz CT molecular complexity index is 423. The minimum Gasteiger partial charge on any atom is -0.468 e. The minimum absolute atomic E-state index is 0.333. The number of ether oxygens (including phenoxy) is 1. The van der Waals surface area contributed by atoms with E-state index in [4.69, 9.17) is 16.3 Å². The second-order valence-corrected chi connectivity index (χ2v) is 5.75. The highest BCUT2D eigenvalue weighted by molar-refractivity contribution is 9.10. The van der Waals surface area contributed by atoms with E-state index in [0.717, 1.165) is 10.0 Å². The number of hydrogen-bond donors (Lipinski definition) is 1. The summed E-state index contributed by atoms with van der Waals surface area (Å²) in [5.74, 6) is 0.103. The average Bonchev–Trinajstić information content (AvgIpc) is 2.30. The summed E-state index contributed by atoms with van der Waals surface area (Å²) in [6.07, 6.45) is 0. The van der Waals surface area contributed by atoms with Gasteiger partial charge in [0.25, 0.3) is 0 Å². The topological polar surface area (TPSA) is 38.3 Å². The fraction of sp³-hybridized carbons (Fsp3) is 0.462. The molecule has 0 aliphatic carbocycles. The number of rotatable bonds is 5. The van der Waals surface area contributed by atoms with Crippen LogP contribution in [0.1, 0.15) is 25.5 Å². The molecule has 0 fully saturated rings. The van der Waals surface area contributed by atoms with Crippen molar-refractivity contribution in [1.82, 2.24) is 5.32 Å². The van der Waals surface area contributed by atoms with E-state index in [1.807, 2.05) is 12.1 Å². The average molecular weight is 335 g/mol. The highest BCUT2D eigenvalue weighted by Gasteiger charge is 2.23. The molecule has 0 aliphatic rings. The first-order valence-electron chi connectivity index (χ1n) is 5.72. The quantitative estimate of drug-likeness (QED) is 0.837. The summed E-state index contributed by atoms with van der Waals surface area (Å²) >= 11 is 9.50. The fourth-order valence-corrected chi connectivity index (χ4v) is 2.31. The van der Waals surface area contributed by atoms with Gasteiger partial charge < -0.3 is 10.1 Å². The third-order valence-corrected chi connectivity index (χ3v) is 3.26. The van der Waals surface area contributed by atoms with Crippen molar-refractivity contribution in [2.75, 3.05) is 13.7 Å². The first-order valence-corrected chi connectivity index (χ1v) is 6.89. The van der Waals surface area contributed by atoms with Crippen LogP contribution < -0.4 is 5.32 Å². The lowest BCUT2D eigenvalue weighted by molar-refractivity contribution is -0.143. The van der Waals surface area contributed by atoms with Crippen molar-refractivity contribution >= 4 is 33.5 Å². The lowest BCUT2D eigenvalue weighted by Crippen LogP contribution is -2.32. The number of esters is 1. The summed E-state index contributed by atoms with van der Waals surface area (Å²) in [5.41, 5.74) is 0.729. The zero-order chi connectivity index (χ0) is 13.7. The van der Waals surface area contributed by atoms with Crippen molar-refractivity contribution in [3.05, 3.63) is 33.3 Å². The Labute approximate surface area is 121 Å². The van der Waals surface area contributed by atoms with Gasteiger partial charge in [-0.15, -0.1) is 0 Å². The van der Waals surface area contributed by atoms with Gasteiger partial charge in [0.2, 0.25) is 0 Å². The van der Waals surface area contributed by atoms with Gasteiger partial charge in [-0.2, -0.15) is 0 Å². The Morgan fingerprint density at radius 1 is 1.50 bits per heavy atom. The number of nitrogens with one attached hydrogen (secondary N) is 1. The first kappa shape index (κ1) is 15.5. The smallest absolute Gasteiger partial charge is 0.327 e. The lowest BCUT2D eigenvalue weighted by Gasteiger charge is -2.19. The Balaban J connectivity index is 2.97. The van der Waals surface area contributed by atoms with Crippen LogP contribution >= 0.6 is 27.5 Å². The van der Waals surface area contributed by atoms with Crippen LogP contribution in [-0.2, 0) is 9.53 Å². The van der Waals surface area contributed by atoms with E-state index >= 15 is 0 Å². The van der Waals surface area contributed by atoms with E-state index < -0.39 is 6.04 Å². The molecule has 1 rings (SSSR count). The third kappa shape index (κ3) is 4.26. The normalized spacial score (nSPS) is 12.6. The molecule has 0 radical (unpaired) electrons. The molecule has 1 unspecified atom stereocenters. The van der Waals surface area contributed by atoms with Gasteiger partial charge in [0.15, 0.2) is 0 Å². The standard InChI is InChI=1S/C13H17BrClNO2/c1-8(2)7-16-12(13(17)18-3)10-5-4-9(14)6-11(10)15/h4-6,8,12,16H,7H2,1-3H3. The summed E-state index contributed by atoms with van der Waals surface area (Å²) in [6.45, 7) is 4.86. The SMILES string of the molecule is COC(=O)C(NCC(C)C)c1ccc(Br)cc1Cl. The molecule has 0 bridgehead atoms. The van der Waals surface area contributed by atoms with Gasteiger partial charge in [0.05, 0.1) is 7.11 Å². The molecule has 1 N–H and O–H groups in total. The zero-order valence-electron chi connectivity index (χ0n) is 10.7. The van der Waals surface area contributed by atoms with Crippen molar-refractivity contribution in [3.63, 3.8) is 0 Å². The van der Waals surface area contributed by atoms with Crippen LogP contribution in [0.2, 0.25) is 5.02 Å². The predicted octanol–water partition coefficient (Wildman–Crippen LogP) is 3.56. The van der Waals surface area contributed by atoms with Gasteiger partial charge in [-0.3, -0.25) is 0 Å². The molecule has 0 saturated carbocycles. The Morgan fingerprint density at radius 3 is 2.67 bits per heavy atom. The third-order valence-electron chi connectivity index (χ3n) is 2.44. The molecule has 0 heterocycles. The van der Waals surface area contributed by atoms with Crippen LogP contribution in [0.5, 0.6) is 0 Å². The molecule has 0 aliphatic heterocycles. The maximum Gasteiger partial charge on any atom is 0.327 e. The fourth-order valence-electron chi connectivity index (χ4n) is 1.53. The number of halogens is 2. The highest BCUT2D eigenvalue weighted by atomic mass is 79.9. The molecule has 18 heavy (non-hydrogen) atoms. The van der Waals surface area contributed by atoms with Crippen molar-refractivity contribution in [3.8, 4) is 0 Å². The van der Waals surface area contributed by atoms with Crippen molar-refractivity contribution in [2.45, 2.75) is 19.9 Å². The Kier molecular flexibility index (Phi) is 6.12. The summed E-state index contributed by atoms with van der Waals surface area (Å²) in [4.78, 5) is 11.8. The first-order chi connectivity index (χ1) is 8.45. The predicted molar refractivity (Wildman–Crippen MR) is 76.7 cm³/mol. The van der Waals surface area contributed by atoms with Crippen LogP contribution in [0.4, 0.5) is 0 Å². The maximum absolute atomic E-state index is 11.8. The molecular formula is C13H17BrClNO2. The van der Waals surface area contributed by atoms with Gasteiger partial charge in [0, 0.05) is 9.50 Å². The second-order valence-electron chi connectivity index (χ2n) is 4.42. The number of benzene rings is 1. The maximum atomic E-state index is 11.8. The van der Waals surface area contributed by atoms with Crippen LogP contribution in [0.15, 0.2) is 22.7 Å². The summed E-state index contributed by atoms with van der Waals surface area (Å²) in [5, 5.41) is 3.71. The Hall–Kier alpha value is -0.580. The Morgan fingerprint density at radius 2 is 2.17 bits per heavy atom. The molecule has 0 aromatic heterocycles. The number of carbonyl (C=O) groups is 1. The van der Waals surface area contributed by atoms with Gasteiger partial charge in [-0.05, 0) is 30.2 Å². The van der Waals surface area contributed by atoms with Gasteiger partial charge in [-0.1, -0.05) is 47.4 Å². The van der Waals surface area contributed by atoms with Crippen LogP contribution in [0, 0.1) is 5.92 Å². The molecule has 100 valence electrons. The van der Waals surface area contributed by atoms with Gasteiger partial charge in [-0.25, -0.2) is 4.79 Å².